The van der Waals surface area contributed by atoms with Crippen LogP contribution >= 0.6 is 0 Å². The van der Waals surface area contributed by atoms with Crippen LogP contribution < -0.4 is 4.90 Å². The number of carbonyl (C=O) groups excluding carboxylic acids is 1. The van der Waals surface area contributed by atoms with Crippen LogP contribution in [0.4, 0.5) is 11.4 Å². The van der Waals surface area contributed by atoms with Crippen molar-refractivity contribution in [3.05, 3.63) is 58.7 Å². The lowest BCUT2D eigenvalue weighted by Gasteiger charge is -2.45. The van der Waals surface area contributed by atoms with Gasteiger partial charge >= 0.3 is 5.97 Å². The summed E-state index contributed by atoms with van der Waals surface area (Å²) in [5.41, 5.74) is 6.27. The van der Waals surface area contributed by atoms with Crippen molar-refractivity contribution in [2.24, 2.45) is 4.99 Å². The molecule has 1 aliphatic rings. The molecule has 0 bridgehead atoms. The highest BCUT2D eigenvalue weighted by molar-refractivity contribution is 5.90. The minimum atomic E-state index is -0.329. The largest absolute Gasteiger partial charge is 0.465 e. The number of hydrogen-bond donors (Lipinski definition) is 0. The zero-order valence-electron chi connectivity index (χ0n) is 17.0. The van der Waals surface area contributed by atoms with E-state index in [1.54, 1.807) is 6.07 Å². The number of rotatable bonds is 3. The molecule has 0 radical (unpaired) electrons. The summed E-state index contributed by atoms with van der Waals surface area (Å²) < 4.78 is 4.77. The number of carbonyl (C=O) groups is 1. The summed E-state index contributed by atoms with van der Waals surface area (Å²) in [4.78, 5) is 18.6. The standard InChI is InChI=1S/C23H28N2O2/c1-15-11-18(22(26)27-6)8-9-20(15)24-14-17-7-10-21-19(12-17)16(2)13-23(3,4)25(21)5/h7-12,14,16H,13H2,1-6H3. The second-order valence-corrected chi connectivity index (χ2v) is 8.05. The number of aliphatic imine (C=N–C) groups is 1. The Morgan fingerprint density at radius 3 is 2.67 bits per heavy atom. The summed E-state index contributed by atoms with van der Waals surface area (Å²) in [5.74, 6) is 0.185. The molecule has 0 aromatic heterocycles. The van der Waals surface area contributed by atoms with Gasteiger partial charge in [0.25, 0.3) is 0 Å². The molecule has 1 heterocycles. The van der Waals surface area contributed by atoms with Gasteiger partial charge < -0.3 is 9.64 Å². The number of hydrogen-bond acceptors (Lipinski definition) is 4. The fraction of sp³-hybridized carbons (Fsp3) is 0.391. The molecule has 4 heteroatoms. The minimum absolute atomic E-state index is 0.167. The first-order chi connectivity index (χ1) is 12.7. The smallest absolute Gasteiger partial charge is 0.337 e. The first-order valence-electron chi connectivity index (χ1n) is 9.34. The van der Waals surface area contributed by atoms with Gasteiger partial charge in [0.2, 0.25) is 0 Å². The Labute approximate surface area is 161 Å². The van der Waals surface area contributed by atoms with Crippen LogP contribution in [0, 0.1) is 6.92 Å². The van der Waals surface area contributed by atoms with E-state index in [1.165, 1.54) is 18.4 Å². The predicted molar refractivity (Wildman–Crippen MR) is 112 cm³/mol. The number of aryl methyl sites for hydroxylation is 1. The highest BCUT2D eigenvalue weighted by atomic mass is 16.5. The molecule has 1 atom stereocenters. The van der Waals surface area contributed by atoms with Crippen LogP contribution in [0.25, 0.3) is 0 Å². The van der Waals surface area contributed by atoms with Crippen molar-refractivity contribution in [1.82, 2.24) is 0 Å². The summed E-state index contributed by atoms with van der Waals surface area (Å²) in [5, 5.41) is 0. The lowest BCUT2D eigenvalue weighted by Crippen LogP contribution is -2.45. The molecule has 0 N–H and O–H groups in total. The third-order valence-electron chi connectivity index (χ3n) is 5.63. The van der Waals surface area contributed by atoms with E-state index in [1.807, 2.05) is 25.3 Å². The fourth-order valence-corrected chi connectivity index (χ4v) is 3.86. The first kappa shape index (κ1) is 19.2. The SMILES string of the molecule is COC(=O)c1ccc(N=Cc2ccc3c(c2)C(C)CC(C)(C)N3C)c(C)c1. The van der Waals surface area contributed by atoms with Crippen LogP contribution in [0.3, 0.4) is 0 Å². The maximum Gasteiger partial charge on any atom is 0.337 e. The van der Waals surface area contributed by atoms with Crippen LogP contribution in [0.5, 0.6) is 0 Å². The third kappa shape index (κ3) is 3.75. The Bertz CT molecular complexity index is 899. The van der Waals surface area contributed by atoms with Gasteiger partial charge in [-0.05, 0) is 80.1 Å². The zero-order chi connectivity index (χ0) is 19.8. The molecule has 0 fully saturated rings. The highest BCUT2D eigenvalue weighted by Gasteiger charge is 2.33. The monoisotopic (exact) mass is 364 g/mol. The van der Waals surface area contributed by atoms with Gasteiger partial charge in [0.05, 0.1) is 18.4 Å². The van der Waals surface area contributed by atoms with Crippen molar-refractivity contribution in [2.75, 3.05) is 19.1 Å². The molecule has 0 spiro atoms. The summed E-state index contributed by atoms with van der Waals surface area (Å²) in [6.45, 7) is 8.83. The van der Waals surface area contributed by atoms with E-state index in [-0.39, 0.29) is 11.5 Å². The number of nitrogens with zero attached hydrogens (tertiary/aromatic N) is 2. The molecule has 3 rings (SSSR count). The quantitative estimate of drug-likeness (QED) is 0.551. The van der Waals surface area contributed by atoms with E-state index in [2.05, 4.69) is 55.9 Å². The Kier molecular flexibility index (Phi) is 5.09. The van der Waals surface area contributed by atoms with E-state index in [0.717, 1.165) is 23.2 Å². The molecule has 0 saturated heterocycles. The van der Waals surface area contributed by atoms with Crippen molar-refractivity contribution < 1.29 is 9.53 Å². The fourth-order valence-electron chi connectivity index (χ4n) is 3.86. The zero-order valence-corrected chi connectivity index (χ0v) is 17.0. The number of benzene rings is 2. The first-order valence-corrected chi connectivity index (χ1v) is 9.34. The van der Waals surface area contributed by atoms with Crippen LogP contribution in [0.15, 0.2) is 41.4 Å². The predicted octanol–water partition coefficient (Wildman–Crippen LogP) is 5.25. The molecule has 1 unspecified atom stereocenters. The van der Waals surface area contributed by atoms with E-state index in [9.17, 15) is 4.79 Å². The van der Waals surface area contributed by atoms with Crippen molar-refractivity contribution in [3.63, 3.8) is 0 Å². The number of fused-ring (bicyclic) bond motifs is 1. The van der Waals surface area contributed by atoms with E-state index in [0.29, 0.717) is 11.5 Å². The minimum Gasteiger partial charge on any atom is -0.465 e. The van der Waals surface area contributed by atoms with Crippen LogP contribution in [-0.4, -0.2) is 31.9 Å². The van der Waals surface area contributed by atoms with Gasteiger partial charge in [-0.3, -0.25) is 4.99 Å². The molecule has 4 nitrogen and oxygen atoms in total. The van der Waals surface area contributed by atoms with E-state index in [4.69, 9.17) is 4.74 Å². The van der Waals surface area contributed by atoms with Crippen molar-refractivity contribution >= 4 is 23.6 Å². The molecule has 2 aromatic carbocycles. The summed E-state index contributed by atoms with van der Waals surface area (Å²) in [6, 6.07) is 12.0. The average molecular weight is 364 g/mol. The van der Waals surface area contributed by atoms with Crippen molar-refractivity contribution in [3.8, 4) is 0 Å². The van der Waals surface area contributed by atoms with Crippen LogP contribution in [0.2, 0.25) is 0 Å². The van der Waals surface area contributed by atoms with Gasteiger partial charge in [0, 0.05) is 24.5 Å². The van der Waals surface area contributed by atoms with Gasteiger partial charge in [-0.15, -0.1) is 0 Å². The van der Waals surface area contributed by atoms with E-state index < -0.39 is 0 Å². The van der Waals surface area contributed by atoms with Crippen LogP contribution in [0.1, 0.15) is 60.2 Å². The Balaban J connectivity index is 1.87. The molecule has 142 valence electrons. The third-order valence-corrected chi connectivity index (χ3v) is 5.63. The maximum atomic E-state index is 11.6. The summed E-state index contributed by atoms with van der Waals surface area (Å²) in [6.07, 6.45) is 3.03. The van der Waals surface area contributed by atoms with Gasteiger partial charge in [-0.25, -0.2) is 4.79 Å². The Morgan fingerprint density at radius 1 is 1.26 bits per heavy atom. The van der Waals surface area contributed by atoms with Crippen LogP contribution in [-0.2, 0) is 4.74 Å². The Morgan fingerprint density at radius 2 is 2.00 bits per heavy atom. The number of methoxy groups -OCH3 is 1. The van der Waals surface area contributed by atoms with Crippen molar-refractivity contribution in [2.45, 2.75) is 45.6 Å². The second kappa shape index (κ2) is 7.18. The summed E-state index contributed by atoms with van der Waals surface area (Å²) in [7, 11) is 3.56. The molecule has 0 saturated carbocycles. The molecular weight excluding hydrogens is 336 g/mol. The van der Waals surface area contributed by atoms with Gasteiger partial charge in [0.15, 0.2) is 0 Å². The van der Waals surface area contributed by atoms with E-state index >= 15 is 0 Å². The molecule has 1 aliphatic heterocycles. The molecule has 2 aromatic rings. The van der Waals surface area contributed by atoms with Gasteiger partial charge in [-0.2, -0.15) is 0 Å². The number of esters is 1. The molecule has 0 aliphatic carbocycles. The summed E-state index contributed by atoms with van der Waals surface area (Å²) >= 11 is 0. The molecular formula is C23H28N2O2. The average Bonchev–Trinajstić information content (AvgIpc) is 2.64. The lowest BCUT2D eigenvalue weighted by molar-refractivity contribution is 0.0600. The lowest BCUT2D eigenvalue weighted by atomic mass is 9.80. The molecule has 27 heavy (non-hydrogen) atoms. The second-order valence-electron chi connectivity index (χ2n) is 8.05. The normalized spacial score (nSPS) is 18.4. The Hall–Kier alpha value is -2.62. The van der Waals surface area contributed by atoms with Gasteiger partial charge in [0.1, 0.15) is 0 Å². The topological polar surface area (TPSA) is 41.9 Å². The van der Waals surface area contributed by atoms with Gasteiger partial charge in [-0.1, -0.05) is 13.0 Å². The molecule has 0 amide bonds. The maximum absolute atomic E-state index is 11.6. The van der Waals surface area contributed by atoms with Crippen molar-refractivity contribution in [1.29, 1.82) is 0 Å². The number of anilines is 1. The highest BCUT2D eigenvalue weighted by Crippen LogP contribution is 2.42. The number of ether oxygens (including phenoxy) is 1.